The largest absolute Gasteiger partial charge is 0.494 e. The van der Waals surface area contributed by atoms with Gasteiger partial charge in [0.15, 0.2) is 5.43 Å². The zero-order valence-electron chi connectivity index (χ0n) is 18.0. The van der Waals surface area contributed by atoms with Gasteiger partial charge in [0.1, 0.15) is 11.5 Å². The second-order valence-corrected chi connectivity index (χ2v) is 9.63. The minimum Gasteiger partial charge on any atom is -0.494 e. The van der Waals surface area contributed by atoms with Gasteiger partial charge in [0.25, 0.3) is 0 Å². The van der Waals surface area contributed by atoms with E-state index in [9.17, 15) is 4.79 Å². The number of nitrogens with zero attached hydrogens (tertiary/aromatic N) is 2. The fourth-order valence-corrected chi connectivity index (χ4v) is 5.19. The summed E-state index contributed by atoms with van der Waals surface area (Å²) in [6.45, 7) is 8.41. The minimum absolute atomic E-state index is 0.0563. The van der Waals surface area contributed by atoms with E-state index in [4.69, 9.17) is 9.47 Å². The van der Waals surface area contributed by atoms with Gasteiger partial charge in [0, 0.05) is 33.3 Å². The molecule has 2 aliphatic rings. The lowest BCUT2D eigenvalue weighted by molar-refractivity contribution is 0.165. The van der Waals surface area contributed by atoms with Crippen LogP contribution in [0.2, 0.25) is 0 Å². The van der Waals surface area contributed by atoms with Crippen LogP contribution in [0.1, 0.15) is 25.7 Å². The zero-order valence-corrected chi connectivity index (χ0v) is 18.8. The first-order valence-corrected chi connectivity index (χ1v) is 12.3. The molecule has 3 aromatic rings. The summed E-state index contributed by atoms with van der Waals surface area (Å²) in [6, 6.07) is 11.8. The van der Waals surface area contributed by atoms with Gasteiger partial charge in [-0.15, -0.1) is 11.3 Å². The van der Waals surface area contributed by atoms with Crippen molar-refractivity contribution in [2.45, 2.75) is 25.7 Å². The number of hydrogen-bond donors (Lipinski definition) is 0. The minimum atomic E-state index is 0.0563. The molecule has 1 aromatic heterocycles. The van der Waals surface area contributed by atoms with Crippen molar-refractivity contribution in [1.29, 1.82) is 0 Å². The van der Waals surface area contributed by atoms with Crippen LogP contribution in [0.15, 0.2) is 41.2 Å². The van der Waals surface area contributed by atoms with Gasteiger partial charge in [-0.3, -0.25) is 4.79 Å². The lowest BCUT2D eigenvalue weighted by atomic mass is 10.1. The summed E-state index contributed by atoms with van der Waals surface area (Å²) >= 11 is 1.64. The van der Waals surface area contributed by atoms with Crippen LogP contribution in [0.3, 0.4) is 0 Å². The molecule has 0 atom stereocenters. The van der Waals surface area contributed by atoms with Gasteiger partial charge in [0.05, 0.1) is 13.2 Å². The Labute approximate surface area is 187 Å². The highest BCUT2D eigenvalue weighted by atomic mass is 32.1. The van der Waals surface area contributed by atoms with E-state index in [1.54, 1.807) is 11.3 Å². The van der Waals surface area contributed by atoms with Crippen molar-refractivity contribution >= 4 is 31.5 Å². The highest BCUT2D eigenvalue weighted by Gasteiger charge is 2.14. The summed E-state index contributed by atoms with van der Waals surface area (Å²) in [5.74, 6) is 1.55. The van der Waals surface area contributed by atoms with Crippen LogP contribution in [-0.2, 0) is 0 Å². The fourth-order valence-electron chi connectivity index (χ4n) is 4.16. The smallest absolute Gasteiger partial charge is 0.196 e. The molecule has 5 nitrogen and oxygen atoms in total. The summed E-state index contributed by atoms with van der Waals surface area (Å²) in [7, 11) is 0. The second kappa shape index (κ2) is 9.55. The lowest BCUT2D eigenvalue weighted by Crippen LogP contribution is -2.38. The van der Waals surface area contributed by atoms with Crippen molar-refractivity contribution in [3.63, 3.8) is 0 Å². The molecule has 0 aliphatic carbocycles. The van der Waals surface area contributed by atoms with E-state index in [0.717, 1.165) is 57.6 Å². The van der Waals surface area contributed by atoms with E-state index >= 15 is 0 Å². The van der Waals surface area contributed by atoms with E-state index in [-0.39, 0.29) is 5.43 Å². The Balaban J connectivity index is 1.26. The predicted molar refractivity (Wildman–Crippen MR) is 128 cm³/mol. The van der Waals surface area contributed by atoms with E-state index in [0.29, 0.717) is 13.2 Å². The van der Waals surface area contributed by atoms with Crippen molar-refractivity contribution in [2.75, 3.05) is 52.5 Å². The lowest BCUT2D eigenvalue weighted by Gasteiger charge is -2.30. The molecular formula is C25H30N2O3S. The maximum Gasteiger partial charge on any atom is 0.196 e. The molecule has 0 radical (unpaired) electrons. The van der Waals surface area contributed by atoms with E-state index < -0.39 is 0 Å². The SMILES string of the molecule is O=c1c2cc(OCCCN3CCC3)ccc2sc2ccc(OCCCN3CCC3)cc12. The van der Waals surface area contributed by atoms with Crippen LogP contribution < -0.4 is 14.9 Å². The van der Waals surface area contributed by atoms with Crippen LogP contribution in [0.25, 0.3) is 20.2 Å². The molecule has 2 fully saturated rings. The molecule has 0 bridgehead atoms. The molecule has 0 saturated carbocycles. The van der Waals surface area contributed by atoms with Gasteiger partial charge in [-0.05, 0) is 88.3 Å². The average molecular weight is 439 g/mol. The number of likely N-dealkylation sites (tertiary alicyclic amines) is 2. The third-order valence-corrected chi connectivity index (χ3v) is 7.44. The van der Waals surface area contributed by atoms with Crippen molar-refractivity contribution < 1.29 is 9.47 Å². The van der Waals surface area contributed by atoms with E-state index in [1.807, 2.05) is 36.4 Å². The third-order valence-electron chi connectivity index (χ3n) is 6.28. The van der Waals surface area contributed by atoms with Gasteiger partial charge in [-0.1, -0.05) is 0 Å². The molecule has 6 heteroatoms. The third kappa shape index (κ3) is 4.86. The normalized spacial score (nSPS) is 16.9. The number of rotatable bonds is 10. The summed E-state index contributed by atoms with van der Waals surface area (Å²) < 4.78 is 13.9. The van der Waals surface area contributed by atoms with Crippen molar-refractivity contribution in [1.82, 2.24) is 9.80 Å². The quantitative estimate of drug-likeness (QED) is 0.347. The fraction of sp³-hybridized carbons (Fsp3) is 0.480. The van der Waals surface area contributed by atoms with Crippen LogP contribution in [0.5, 0.6) is 11.5 Å². The van der Waals surface area contributed by atoms with Crippen molar-refractivity contribution in [3.05, 3.63) is 46.6 Å². The van der Waals surface area contributed by atoms with Gasteiger partial charge in [0.2, 0.25) is 0 Å². The van der Waals surface area contributed by atoms with Crippen LogP contribution >= 0.6 is 11.3 Å². The maximum absolute atomic E-state index is 13.2. The second-order valence-electron chi connectivity index (χ2n) is 8.54. The molecular weight excluding hydrogens is 408 g/mol. The molecule has 3 heterocycles. The number of ether oxygens (including phenoxy) is 2. The molecule has 2 aliphatic heterocycles. The highest BCUT2D eigenvalue weighted by molar-refractivity contribution is 7.24. The van der Waals surface area contributed by atoms with Crippen molar-refractivity contribution in [3.8, 4) is 11.5 Å². The van der Waals surface area contributed by atoms with Gasteiger partial charge >= 0.3 is 0 Å². The Morgan fingerprint density at radius 1 is 0.742 bits per heavy atom. The number of fused-ring (bicyclic) bond motifs is 2. The summed E-state index contributed by atoms with van der Waals surface area (Å²) in [6.07, 6.45) is 4.67. The van der Waals surface area contributed by atoms with E-state index in [2.05, 4.69) is 9.80 Å². The molecule has 2 saturated heterocycles. The first kappa shape index (κ1) is 20.7. The summed E-state index contributed by atoms with van der Waals surface area (Å²) in [5.41, 5.74) is 0.0563. The van der Waals surface area contributed by atoms with Gasteiger partial charge < -0.3 is 19.3 Å². The molecule has 0 N–H and O–H groups in total. The number of hydrogen-bond acceptors (Lipinski definition) is 6. The Morgan fingerprint density at radius 2 is 1.23 bits per heavy atom. The molecule has 2 aromatic carbocycles. The Bertz CT molecular complexity index is 1020. The highest BCUT2D eigenvalue weighted by Crippen LogP contribution is 2.29. The van der Waals surface area contributed by atoms with Crippen LogP contribution in [0.4, 0.5) is 0 Å². The summed E-state index contributed by atoms with van der Waals surface area (Å²) in [5, 5.41) is 1.46. The zero-order chi connectivity index (χ0) is 21.0. The number of benzene rings is 2. The topological polar surface area (TPSA) is 42.0 Å². The molecule has 0 spiro atoms. The Kier molecular flexibility index (Phi) is 6.39. The maximum atomic E-state index is 13.2. The predicted octanol–water partition coefficient (Wildman–Crippen LogP) is 4.36. The standard InChI is InChI=1S/C25H30N2O3S/c28-25-21-17-19(29-15-3-13-26-9-1-10-26)5-7-23(21)31-24-8-6-20(18-22(24)25)30-16-4-14-27-11-2-12-27/h5-8,17-18H,1-4,9-16H2. The first-order chi connectivity index (χ1) is 15.3. The Hall–Kier alpha value is -2.15. The summed E-state index contributed by atoms with van der Waals surface area (Å²) in [4.78, 5) is 18.1. The molecule has 31 heavy (non-hydrogen) atoms. The van der Waals surface area contributed by atoms with Gasteiger partial charge in [-0.2, -0.15) is 0 Å². The monoisotopic (exact) mass is 438 g/mol. The molecule has 0 amide bonds. The molecule has 5 rings (SSSR count). The average Bonchev–Trinajstić information content (AvgIpc) is 2.71. The van der Waals surface area contributed by atoms with Crippen molar-refractivity contribution in [2.24, 2.45) is 0 Å². The first-order valence-electron chi connectivity index (χ1n) is 11.5. The molecule has 0 unspecified atom stereocenters. The van der Waals surface area contributed by atoms with Crippen LogP contribution in [0, 0.1) is 0 Å². The van der Waals surface area contributed by atoms with E-state index in [1.165, 1.54) is 39.0 Å². The van der Waals surface area contributed by atoms with Crippen LogP contribution in [-0.4, -0.2) is 62.3 Å². The molecule has 164 valence electrons. The Morgan fingerprint density at radius 3 is 1.65 bits per heavy atom. The van der Waals surface area contributed by atoms with Gasteiger partial charge in [-0.25, -0.2) is 0 Å².